The molecule has 1 aromatic carbocycles. The predicted octanol–water partition coefficient (Wildman–Crippen LogP) is 2.78. The second-order valence-corrected chi connectivity index (χ2v) is 9.75. The van der Waals surface area contributed by atoms with E-state index in [1.165, 1.54) is 16.1 Å². The third kappa shape index (κ3) is 6.01. The summed E-state index contributed by atoms with van der Waals surface area (Å²) < 4.78 is 24.5. The van der Waals surface area contributed by atoms with Gasteiger partial charge in [-0.2, -0.15) is 0 Å². The molecule has 1 aromatic rings. The lowest BCUT2D eigenvalue weighted by molar-refractivity contribution is 0.241. The maximum atomic E-state index is 12.0. The molecule has 2 rings (SSSR count). The second kappa shape index (κ2) is 7.74. The molecule has 0 bridgehead atoms. The fraction of sp³-hybridized carbons (Fsp3) is 0.611. The average Bonchev–Trinajstić information content (AvgIpc) is 2.52. The van der Waals surface area contributed by atoms with Crippen molar-refractivity contribution in [1.82, 2.24) is 9.62 Å². The number of nitrogens with zero attached hydrogens (tertiary/aromatic N) is 1. The highest BCUT2D eigenvalue weighted by Gasteiger charge is 2.25. The number of amides is 2. The average molecular weight is 368 g/mol. The first kappa shape index (κ1) is 19.7. The van der Waals surface area contributed by atoms with Crippen LogP contribution in [0.15, 0.2) is 24.3 Å². The summed E-state index contributed by atoms with van der Waals surface area (Å²) in [5, 5.41) is 5.72. The summed E-state index contributed by atoms with van der Waals surface area (Å²) in [4.78, 5) is 12.0. The molecule has 1 heterocycles. The lowest BCUT2D eigenvalue weighted by Crippen LogP contribution is -2.41. The van der Waals surface area contributed by atoms with E-state index in [0.29, 0.717) is 25.6 Å². The summed E-state index contributed by atoms with van der Waals surface area (Å²) in [5.74, 6) is 0.312. The molecule has 1 fully saturated rings. The molecular weight excluding hydrogens is 338 g/mol. The van der Waals surface area contributed by atoms with Crippen LogP contribution < -0.4 is 10.6 Å². The van der Waals surface area contributed by atoms with Crippen LogP contribution in [0, 0.1) is 5.92 Å². The second-order valence-electron chi connectivity index (χ2n) is 7.77. The van der Waals surface area contributed by atoms with Gasteiger partial charge in [0.15, 0.2) is 0 Å². The van der Waals surface area contributed by atoms with Gasteiger partial charge in [0.2, 0.25) is 10.0 Å². The molecule has 1 aliphatic rings. The molecule has 140 valence electrons. The van der Waals surface area contributed by atoms with Gasteiger partial charge < -0.3 is 10.6 Å². The van der Waals surface area contributed by atoms with Gasteiger partial charge in [0, 0.05) is 25.3 Å². The Bertz CT molecular complexity index is 685. The number of piperidine rings is 1. The van der Waals surface area contributed by atoms with Crippen LogP contribution in [-0.2, 0) is 15.4 Å². The van der Waals surface area contributed by atoms with Crippen LogP contribution in [0.1, 0.15) is 39.2 Å². The minimum atomic E-state index is -3.10. The monoisotopic (exact) mass is 367 g/mol. The predicted molar refractivity (Wildman–Crippen MR) is 101 cm³/mol. The molecule has 0 aliphatic carbocycles. The molecule has 7 heteroatoms. The van der Waals surface area contributed by atoms with Gasteiger partial charge in [-0.1, -0.05) is 32.9 Å². The van der Waals surface area contributed by atoms with Gasteiger partial charge >= 0.3 is 6.03 Å². The third-order valence-electron chi connectivity index (χ3n) is 4.60. The van der Waals surface area contributed by atoms with E-state index < -0.39 is 10.0 Å². The Morgan fingerprint density at radius 3 is 2.20 bits per heavy atom. The highest BCUT2D eigenvalue weighted by molar-refractivity contribution is 7.88. The van der Waals surface area contributed by atoms with Crippen molar-refractivity contribution in [2.75, 3.05) is 31.2 Å². The largest absolute Gasteiger partial charge is 0.338 e. The summed E-state index contributed by atoms with van der Waals surface area (Å²) >= 11 is 0. The van der Waals surface area contributed by atoms with E-state index in [2.05, 4.69) is 31.4 Å². The Hall–Kier alpha value is -1.60. The smallest absolute Gasteiger partial charge is 0.319 e. The van der Waals surface area contributed by atoms with E-state index in [0.717, 1.165) is 18.5 Å². The van der Waals surface area contributed by atoms with Crippen LogP contribution in [0.4, 0.5) is 10.5 Å². The number of nitrogens with one attached hydrogen (secondary N) is 2. The number of rotatable bonds is 4. The zero-order valence-electron chi connectivity index (χ0n) is 15.5. The van der Waals surface area contributed by atoms with Crippen molar-refractivity contribution in [2.45, 2.75) is 39.0 Å². The summed E-state index contributed by atoms with van der Waals surface area (Å²) in [6.45, 7) is 8.07. The first-order chi connectivity index (χ1) is 11.6. The maximum Gasteiger partial charge on any atom is 0.319 e. The lowest BCUT2D eigenvalue weighted by atomic mass is 9.87. The fourth-order valence-corrected chi connectivity index (χ4v) is 3.79. The van der Waals surface area contributed by atoms with E-state index in [1.54, 1.807) is 0 Å². The van der Waals surface area contributed by atoms with E-state index in [-0.39, 0.29) is 11.4 Å². The number of hydrogen-bond acceptors (Lipinski definition) is 3. The molecule has 0 atom stereocenters. The van der Waals surface area contributed by atoms with Crippen LogP contribution in [-0.4, -0.2) is 44.6 Å². The Labute approximate surface area is 151 Å². The standard InChI is InChI=1S/C18H29N3O3S/c1-18(2,3)15-5-7-16(8-6-15)20-17(22)19-13-14-9-11-21(12-10-14)25(4,23)24/h5-8,14H,9-13H2,1-4H3,(H2,19,20,22). The lowest BCUT2D eigenvalue weighted by Gasteiger charge is -2.30. The number of hydrogen-bond donors (Lipinski definition) is 2. The molecule has 0 spiro atoms. The van der Waals surface area contributed by atoms with E-state index in [9.17, 15) is 13.2 Å². The van der Waals surface area contributed by atoms with Gasteiger partial charge in [-0.15, -0.1) is 0 Å². The minimum Gasteiger partial charge on any atom is -0.338 e. The van der Waals surface area contributed by atoms with Crippen molar-refractivity contribution in [3.05, 3.63) is 29.8 Å². The quantitative estimate of drug-likeness (QED) is 0.859. The highest BCUT2D eigenvalue weighted by Crippen LogP contribution is 2.23. The molecule has 6 nitrogen and oxygen atoms in total. The zero-order valence-corrected chi connectivity index (χ0v) is 16.3. The van der Waals surface area contributed by atoms with Crippen LogP contribution in [0.2, 0.25) is 0 Å². The summed E-state index contributed by atoms with van der Waals surface area (Å²) in [5.41, 5.74) is 2.07. The topological polar surface area (TPSA) is 78.5 Å². The van der Waals surface area contributed by atoms with Gasteiger partial charge in [-0.25, -0.2) is 17.5 Å². The van der Waals surface area contributed by atoms with Crippen molar-refractivity contribution >= 4 is 21.7 Å². The first-order valence-corrected chi connectivity index (χ1v) is 10.5. The Morgan fingerprint density at radius 1 is 1.16 bits per heavy atom. The number of sulfonamides is 1. The van der Waals surface area contributed by atoms with Crippen LogP contribution >= 0.6 is 0 Å². The summed E-state index contributed by atoms with van der Waals surface area (Å²) in [6.07, 6.45) is 2.78. The summed E-state index contributed by atoms with van der Waals surface area (Å²) in [6, 6.07) is 7.64. The molecule has 2 N–H and O–H groups in total. The summed E-state index contributed by atoms with van der Waals surface area (Å²) in [7, 11) is -3.10. The molecule has 1 saturated heterocycles. The molecule has 0 aromatic heterocycles. The van der Waals surface area contributed by atoms with Gasteiger partial charge in [0.25, 0.3) is 0 Å². The molecule has 0 saturated carbocycles. The van der Waals surface area contributed by atoms with Crippen molar-refractivity contribution < 1.29 is 13.2 Å². The number of anilines is 1. The Morgan fingerprint density at radius 2 is 1.72 bits per heavy atom. The molecule has 0 radical (unpaired) electrons. The molecule has 1 aliphatic heterocycles. The number of carbonyl (C=O) groups excluding carboxylic acids is 1. The normalized spacial score (nSPS) is 17.3. The van der Waals surface area contributed by atoms with E-state index in [1.807, 2.05) is 24.3 Å². The van der Waals surface area contributed by atoms with Gasteiger partial charge in [-0.3, -0.25) is 0 Å². The van der Waals surface area contributed by atoms with Crippen molar-refractivity contribution in [2.24, 2.45) is 5.92 Å². The Balaban J connectivity index is 1.76. The third-order valence-corrected chi connectivity index (χ3v) is 5.91. The molecule has 25 heavy (non-hydrogen) atoms. The fourth-order valence-electron chi connectivity index (χ4n) is 2.91. The van der Waals surface area contributed by atoms with E-state index in [4.69, 9.17) is 0 Å². The van der Waals surface area contributed by atoms with E-state index >= 15 is 0 Å². The van der Waals surface area contributed by atoms with Crippen LogP contribution in [0.5, 0.6) is 0 Å². The first-order valence-electron chi connectivity index (χ1n) is 8.66. The van der Waals surface area contributed by atoms with Crippen LogP contribution in [0.3, 0.4) is 0 Å². The molecule has 2 amide bonds. The van der Waals surface area contributed by atoms with Crippen molar-refractivity contribution in [1.29, 1.82) is 0 Å². The number of carbonyl (C=O) groups is 1. The minimum absolute atomic E-state index is 0.0849. The van der Waals surface area contributed by atoms with Crippen LogP contribution in [0.25, 0.3) is 0 Å². The van der Waals surface area contributed by atoms with Gasteiger partial charge in [0.1, 0.15) is 0 Å². The molecule has 0 unspecified atom stereocenters. The number of benzene rings is 1. The zero-order chi connectivity index (χ0) is 18.7. The molecular formula is C18H29N3O3S. The highest BCUT2D eigenvalue weighted by atomic mass is 32.2. The van der Waals surface area contributed by atoms with Crippen molar-refractivity contribution in [3.8, 4) is 0 Å². The SMILES string of the molecule is CC(C)(C)c1ccc(NC(=O)NCC2CCN(S(C)(=O)=O)CC2)cc1. The maximum absolute atomic E-state index is 12.0. The van der Waals surface area contributed by atoms with Gasteiger partial charge in [0.05, 0.1) is 6.26 Å². The Kier molecular flexibility index (Phi) is 6.11. The van der Waals surface area contributed by atoms with Crippen molar-refractivity contribution in [3.63, 3.8) is 0 Å². The van der Waals surface area contributed by atoms with Gasteiger partial charge in [-0.05, 0) is 41.9 Å². The number of urea groups is 1.